The van der Waals surface area contributed by atoms with E-state index in [-0.39, 0.29) is 11.6 Å². The highest BCUT2D eigenvalue weighted by atomic mass is 32.2. The Morgan fingerprint density at radius 1 is 1.21 bits per heavy atom. The third kappa shape index (κ3) is 3.22. The summed E-state index contributed by atoms with van der Waals surface area (Å²) in [6, 6.07) is 13.7. The molecule has 1 heterocycles. The first kappa shape index (κ1) is 16.4. The maximum absolute atomic E-state index is 12.6. The van der Waals surface area contributed by atoms with Crippen LogP contribution in [0.5, 0.6) is 0 Å². The standard InChI is InChI=1S/C17H12N2O3S2/c1-11-5-7-13(8-6-11)18-16(20)15(24-17(18)23)10-12-3-2-4-14(9-12)19(21)22/h2-10H,1H3/b15-10+. The van der Waals surface area contributed by atoms with Gasteiger partial charge in [0.1, 0.15) is 0 Å². The van der Waals surface area contributed by atoms with Crippen molar-refractivity contribution < 1.29 is 9.72 Å². The predicted octanol–water partition coefficient (Wildman–Crippen LogP) is 4.31. The Hall–Kier alpha value is -2.51. The quantitative estimate of drug-likeness (QED) is 0.355. The maximum Gasteiger partial charge on any atom is 0.270 e. The van der Waals surface area contributed by atoms with Crippen molar-refractivity contribution in [3.05, 3.63) is 74.7 Å². The van der Waals surface area contributed by atoms with Gasteiger partial charge in [-0.15, -0.1) is 0 Å². The molecule has 1 aliphatic heterocycles. The smallest absolute Gasteiger partial charge is 0.268 e. The lowest BCUT2D eigenvalue weighted by Gasteiger charge is -2.14. The summed E-state index contributed by atoms with van der Waals surface area (Å²) >= 11 is 6.50. The van der Waals surface area contributed by atoms with Crippen LogP contribution in [0.2, 0.25) is 0 Å². The van der Waals surface area contributed by atoms with E-state index in [1.54, 1.807) is 18.2 Å². The Labute approximate surface area is 148 Å². The van der Waals surface area contributed by atoms with Crippen LogP contribution in [-0.2, 0) is 4.79 Å². The molecule has 0 aromatic heterocycles. The molecule has 2 aromatic carbocycles. The molecule has 0 bridgehead atoms. The second kappa shape index (κ2) is 6.54. The average Bonchev–Trinajstić information content (AvgIpc) is 2.83. The zero-order valence-corrected chi connectivity index (χ0v) is 14.3. The van der Waals surface area contributed by atoms with Crippen LogP contribution in [0, 0.1) is 17.0 Å². The summed E-state index contributed by atoms with van der Waals surface area (Å²) in [6.07, 6.45) is 1.63. The topological polar surface area (TPSA) is 63.5 Å². The van der Waals surface area contributed by atoms with E-state index in [4.69, 9.17) is 12.2 Å². The molecule has 0 spiro atoms. The van der Waals surface area contributed by atoms with Crippen LogP contribution in [0.25, 0.3) is 6.08 Å². The highest BCUT2D eigenvalue weighted by Crippen LogP contribution is 2.36. The second-order valence-corrected chi connectivity index (χ2v) is 6.88. The summed E-state index contributed by atoms with van der Waals surface area (Å²) < 4.78 is 0.445. The van der Waals surface area contributed by atoms with Crippen LogP contribution in [0.15, 0.2) is 53.4 Å². The van der Waals surface area contributed by atoms with E-state index in [0.29, 0.717) is 20.5 Å². The molecule has 1 aliphatic rings. The first-order valence-corrected chi connectivity index (χ1v) is 8.27. The molecular weight excluding hydrogens is 344 g/mol. The number of anilines is 1. The summed E-state index contributed by atoms with van der Waals surface area (Å²) in [6.45, 7) is 1.97. The fraction of sp³-hybridized carbons (Fsp3) is 0.0588. The van der Waals surface area contributed by atoms with Crippen molar-refractivity contribution in [2.24, 2.45) is 0 Å². The summed E-state index contributed by atoms with van der Waals surface area (Å²) in [7, 11) is 0. The van der Waals surface area contributed by atoms with Gasteiger partial charge < -0.3 is 0 Å². The summed E-state index contributed by atoms with van der Waals surface area (Å²) in [4.78, 5) is 25.0. The van der Waals surface area contributed by atoms with Gasteiger partial charge in [0, 0.05) is 12.1 Å². The van der Waals surface area contributed by atoms with E-state index >= 15 is 0 Å². The number of rotatable bonds is 3. The van der Waals surface area contributed by atoms with Gasteiger partial charge in [-0.05, 0) is 30.7 Å². The van der Waals surface area contributed by atoms with Crippen molar-refractivity contribution in [1.29, 1.82) is 0 Å². The van der Waals surface area contributed by atoms with Gasteiger partial charge in [-0.3, -0.25) is 19.8 Å². The lowest BCUT2D eigenvalue weighted by atomic mass is 10.2. The number of thiocarbonyl (C=S) groups is 1. The molecule has 1 amide bonds. The maximum atomic E-state index is 12.6. The average molecular weight is 356 g/mol. The molecule has 0 radical (unpaired) electrons. The van der Waals surface area contributed by atoms with Crippen molar-refractivity contribution in [2.45, 2.75) is 6.92 Å². The summed E-state index contributed by atoms with van der Waals surface area (Å²) in [5.41, 5.74) is 2.38. The minimum atomic E-state index is -0.463. The number of carbonyl (C=O) groups is 1. The number of hydrogen-bond donors (Lipinski definition) is 0. The van der Waals surface area contributed by atoms with Gasteiger partial charge in [0.05, 0.1) is 15.5 Å². The van der Waals surface area contributed by atoms with Crippen LogP contribution in [0.4, 0.5) is 11.4 Å². The lowest BCUT2D eigenvalue weighted by Crippen LogP contribution is -2.27. The molecule has 1 saturated heterocycles. The summed E-state index contributed by atoms with van der Waals surface area (Å²) in [5, 5.41) is 10.9. The molecular formula is C17H12N2O3S2. The number of amides is 1. The molecule has 0 aliphatic carbocycles. The molecule has 7 heteroatoms. The van der Waals surface area contributed by atoms with Gasteiger partial charge >= 0.3 is 0 Å². The highest BCUT2D eigenvalue weighted by Gasteiger charge is 2.33. The Morgan fingerprint density at radius 2 is 1.92 bits per heavy atom. The second-order valence-electron chi connectivity index (χ2n) is 5.20. The van der Waals surface area contributed by atoms with Gasteiger partial charge in [-0.25, -0.2) is 0 Å². The van der Waals surface area contributed by atoms with Crippen LogP contribution < -0.4 is 4.90 Å². The molecule has 0 N–H and O–H groups in total. The number of nitro groups is 1. The number of thioether (sulfide) groups is 1. The van der Waals surface area contributed by atoms with E-state index in [1.165, 1.54) is 28.8 Å². The molecule has 2 aromatic rings. The SMILES string of the molecule is Cc1ccc(N2C(=O)/C(=C\c3cccc([N+](=O)[O-])c3)SC2=S)cc1. The van der Waals surface area contributed by atoms with Crippen molar-refractivity contribution >= 4 is 51.7 Å². The Kier molecular flexibility index (Phi) is 4.46. The predicted molar refractivity (Wildman–Crippen MR) is 99.9 cm³/mol. The lowest BCUT2D eigenvalue weighted by molar-refractivity contribution is -0.384. The number of nitro benzene ring substituents is 1. The van der Waals surface area contributed by atoms with Gasteiger partial charge in [-0.1, -0.05) is 53.8 Å². The van der Waals surface area contributed by atoms with E-state index in [2.05, 4.69) is 0 Å². The normalized spacial score (nSPS) is 16.0. The number of nitrogens with zero attached hydrogens (tertiary/aromatic N) is 2. The fourth-order valence-corrected chi connectivity index (χ4v) is 3.56. The third-order valence-corrected chi connectivity index (χ3v) is 4.77. The monoisotopic (exact) mass is 356 g/mol. The Morgan fingerprint density at radius 3 is 2.58 bits per heavy atom. The van der Waals surface area contributed by atoms with Gasteiger partial charge in [0.2, 0.25) is 0 Å². The summed E-state index contributed by atoms with van der Waals surface area (Å²) in [5.74, 6) is -0.222. The first-order valence-electron chi connectivity index (χ1n) is 7.05. The van der Waals surface area contributed by atoms with Gasteiger partial charge in [0.15, 0.2) is 4.32 Å². The van der Waals surface area contributed by atoms with E-state index < -0.39 is 4.92 Å². The fourth-order valence-electron chi connectivity index (χ4n) is 2.26. The largest absolute Gasteiger partial charge is 0.270 e. The van der Waals surface area contributed by atoms with Crippen LogP contribution in [-0.4, -0.2) is 15.2 Å². The van der Waals surface area contributed by atoms with Crippen molar-refractivity contribution in [3.8, 4) is 0 Å². The first-order chi connectivity index (χ1) is 11.5. The molecule has 1 fully saturated rings. The van der Waals surface area contributed by atoms with E-state index in [9.17, 15) is 14.9 Å². The Bertz CT molecular complexity index is 876. The minimum Gasteiger partial charge on any atom is -0.268 e. The number of non-ortho nitro benzene ring substituents is 1. The number of aryl methyl sites for hydroxylation is 1. The van der Waals surface area contributed by atoms with Crippen molar-refractivity contribution in [3.63, 3.8) is 0 Å². The molecule has 120 valence electrons. The van der Waals surface area contributed by atoms with Gasteiger partial charge in [-0.2, -0.15) is 0 Å². The number of benzene rings is 2. The van der Waals surface area contributed by atoms with Crippen LogP contribution >= 0.6 is 24.0 Å². The van der Waals surface area contributed by atoms with Crippen LogP contribution in [0.3, 0.4) is 0 Å². The number of hydrogen-bond acceptors (Lipinski definition) is 5. The third-order valence-electron chi connectivity index (χ3n) is 3.46. The zero-order chi connectivity index (χ0) is 17.3. The molecule has 0 saturated carbocycles. The Balaban J connectivity index is 1.92. The molecule has 5 nitrogen and oxygen atoms in total. The number of carbonyl (C=O) groups excluding carboxylic acids is 1. The molecule has 0 unspecified atom stereocenters. The highest BCUT2D eigenvalue weighted by molar-refractivity contribution is 8.27. The molecule has 0 atom stereocenters. The zero-order valence-electron chi connectivity index (χ0n) is 12.6. The van der Waals surface area contributed by atoms with Crippen molar-refractivity contribution in [2.75, 3.05) is 4.90 Å². The van der Waals surface area contributed by atoms with E-state index in [1.807, 2.05) is 31.2 Å². The van der Waals surface area contributed by atoms with Gasteiger partial charge in [0.25, 0.3) is 11.6 Å². The van der Waals surface area contributed by atoms with E-state index in [0.717, 1.165) is 5.56 Å². The molecule has 24 heavy (non-hydrogen) atoms. The molecule has 3 rings (SSSR count). The minimum absolute atomic E-state index is 0.0160. The van der Waals surface area contributed by atoms with Crippen molar-refractivity contribution in [1.82, 2.24) is 0 Å². The van der Waals surface area contributed by atoms with Crippen LogP contribution in [0.1, 0.15) is 11.1 Å².